The molecular formula is C27H24N2O5. The van der Waals surface area contributed by atoms with E-state index in [-0.39, 0.29) is 18.8 Å². The number of fused-ring (bicyclic) bond motifs is 1. The number of para-hydroxylation sites is 1. The van der Waals surface area contributed by atoms with Crippen LogP contribution < -0.4 is 5.32 Å². The van der Waals surface area contributed by atoms with Crippen molar-refractivity contribution in [1.82, 2.24) is 10.3 Å². The van der Waals surface area contributed by atoms with E-state index >= 15 is 0 Å². The van der Waals surface area contributed by atoms with Gasteiger partial charge in [0.1, 0.15) is 12.6 Å². The molecule has 1 amide bonds. The first-order valence-corrected chi connectivity index (χ1v) is 10.9. The number of alkyl carbamates (subject to hydrolysis) is 1. The zero-order valence-corrected chi connectivity index (χ0v) is 18.4. The van der Waals surface area contributed by atoms with Crippen molar-refractivity contribution in [2.45, 2.75) is 19.1 Å². The second-order valence-electron chi connectivity index (χ2n) is 7.72. The first-order chi connectivity index (χ1) is 16.6. The maximum atomic E-state index is 12.9. The Labute approximate surface area is 196 Å². The molecule has 172 valence electrons. The lowest BCUT2D eigenvalue weighted by molar-refractivity contribution is -0.144. The van der Waals surface area contributed by atoms with Crippen molar-refractivity contribution < 1.29 is 23.9 Å². The topological polar surface area (TPSA) is 97.5 Å². The Balaban J connectivity index is 1.44. The monoisotopic (exact) mass is 456 g/mol. The Hall–Kier alpha value is -4.39. The highest BCUT2D eigenvalue weighted by molar-refractivity contribution is 5.98. The van der Waals surface area contributed by atoms with Crippen LogP contribution in [0.3, 0.4) is 0 Å². The highest BCUT2D eigenvalue weighted by Crippen LogP contribution is 2.19. The fraction of sp³-hybridized carbons (Fsp3) is 0.148. The molecule has 4 aromatic rings. The van der Waals surface area contributed by atoms with Gasteiger partial charge in [0.2, 0.25) is 0 Å². The molecule has 1 heterocycles. The van der Waals surface area contributed by atoms with Crippen molar-refractivity contribution in [3.63, 3.8) is 0 Å². The average molecular weight is 456 g/mol. The lowest BCUT2D eigenvalue weighted by Crippen LogP contribution is -2.44. The van der Waals surface area contributed by atoms with Crippen LogP contribution in [-0.4, -0.2) is 35.5 Å². The van der Waals surface area contributed by atoms with Crippen LogP contribution in [0.2, 0.25) is 0 Å². The molecule has 0 radical (unpaired) electrons. The predicted octanol–water partition coefficient (Wildman–Crippen LogP) is 4.43. The molecule has 0 fully saturated rings. The van der Waals surface area contributed by atoms with Gasteiger partial charge in [-0.25, -0.2) is 9.59 Å². The normalized spacial score (nSPS) is 11.5. The van der Waals surface area contributed by atoms with Crippen LogP contribution in [0.5, 0.6) is 0 Å². The van der Waals surface area contributed by atoms with Crippen molar-refractivity contribution >= 4 is 28.7 Å². The Morgan fingerprint density at radius 1 is 0.824 bits per heavy atom. The fourth-order valence-electron chi connectivity index (χ4n) is 3.57. The smallest absolute Gasteiger partial charge is 0.408 e. The third kappa shape index (κ3) is 5.89. The maximum Gasteiger partial charge on any atom is 0.408 e. The van der Waals surface area contributed by atoms with Gasteiger partial charge in [-0.2, -0.15) is 0 Å². The minimum atomic E-state index is -1.04. The molecule has 0 spiro atoms. The summed E-state index contributed by atoms with van der Waals surface area (Å²) in [6.45, 7) is -0.359. The second-order valence-corrected chi connectivity index (χ2v) is 7.72. The van der Waals surface area contributed by atoms with Crippen molar-refractivity contribution in [3.8, 4) is 0 Å². The number of H-pyrrole nitrogens is 1. The van der Waals surface area contributed by atoms with Crippen molar-refractivity contribution in [2.24, 2.45) is 0 Å². The van der Waals surface area contributed by atoms with Crippen LogP contribution in [0.4, 0.5) is 4.79 Å². The molecule has 7 nitrogen and oxygen atoms in total. The summed E-state index contributed by atoms with van der Waals surface area (Å²) in [4.78, 5) is 40.9. The number of rotatable bonds is 9. The van der Waals surface area contributed by atoms with Gasteiger partial charge in [-0.15, -0.1) is 0 Å². The molecule has 0 aliphatic carbocycles. The SMILES string of the molecule is O=C(N[C@H](Cc1c[nH]c2ccccc12)C(=O)OCC(=O)c1ccccc1)OCc1ccccc1. The minimum Gasteiger partial charge on any atom is -0.456 e. The van der Waals surface area contributed by atoms with Crippen LogP contribution in [0.15, 0.2) is 91.1 Å². The average Bonchev–Trinajstić information content (AvgIpc) is 3.29. The van der Waals surface area contributed by atoms with Crippen molar-refractivity contribution in [1.29, 1.82) is 0 Å². The summed E-state index contributed by atoms with van der Waals surface area (Å²) >= 11 is 0. The van der Waals surface area contributed by atoms with Gasteiger partial charge in [-0.05, 0) is 17.2 Å². The number of Topliss-reactive ketones (excluding diaryl/α,β-unsaturated/α-hetero) is 1. The molecular weight excluding hydrogens is 432 g/mol. The van der Waals surface area contributed by atoms with E-state index in [1.54, 1.807) is 36.5 Å². The number of carbonyl (C=O) groups excluding carboxylic acids is 3. The number of benzene rings is 3. The maximum absolute atomic E-state index is 12.9. The second kappa shape index (κ2) is 11.0. The Kier molecular flexibility index (Phi) is 7.35. The first-order valence-electron chi connectivity index (χ1n) is 10.9. The fourth-order valence-corrected chi connectivity index (χ4v) is 3.57. The van der Waals surface area contributed by atoms with E-state index in [4.69, 9.17) is 9.47 Å². The zero-order valence-electron chi connectivity index (χ0n) is 18.4. The van der Waals surface area contributed by atoms with Crippen molar-refractivity contribution in [3.05, 3.63) is 108 Å². The summed E-state index contributed by atoms with van der Waals surface area (Å²) in [5.41, 5.74) is 3.01. The zero-order chi connectivity index (χ0) is 23.8. The molecule has 3 aromatic carbocycles. The number of carbonyl (C=O) groups is 3. The molecule has 0 saturated heterocycles. The first kappa shape index (κ1) is 22.8. The molecule has 4 rings (SSSR count). The highest BCUT2D eigenvalue weighted by atomic mass is 16.6. The summed E-state index contributed by atoms with van der Waals surface area (Å²) in [6, 6.07) is 24.4. The number of esters is 1. The minimum absolute atomic E-state index is 0.0635. The third-order valence-electron chi connectivity index (χ3n) is 5.33. The van der Waals surface area contributed by atoms with Crippen LogP contribution >= 0.6 is 0 Å². The van der Waals surface area contributed by atoms with Gasteiger partial charge in [0, 0.05) is 29.1 Å². The summed E-state index contributed by atoms with van der Waals surface area (Å²) in [6.07, 6.45) is 1.21. The number of ketones is 1. The third-order valence-corrected chi connectivity index (χ3v) is 5.33. The van der Waals surface area contributed by atoms with Gasteiger partial charge >= 0.3 is 12.1 Å². The van der Waals surface area contributed by atoms with Crippen molar-refractivity contribution in [2.75, 3.05) is 6.61 Å². The molecule has 0 aliphatic rings. The van der Waals surface area contributed by atoms with Gasteiger partial charge in [-0.1, -0.05) is 78.9 Å². The van der Waals surface area contributed by atoms with E-state index in [2.05, 4.69) is 10.3 Å². The molecule has 1 aromatic heterocycles. The molecule has 1 atom stereocenters. The quantitative estimate of drug-likeness (QED) is 0.287. The van der Waals surface area contributed by atoms with E-state index in [0.29, 0.717) is 5.56 Å². The predicted molar refractivity (Wildman–Crippen MR) is 127 cm³/mol. The highest BCUT2D eigenvalue weighted by Gasteiger charge is 2.25. The van der Waals surface area contributed by atoms with E-state index in [1.807, 2.05) is 54.6 Å². The van der Waals surface area contributed by atoms with Gasteiger partial charge in [0.25, 0.3) is 0 Å². The summed E-state index contributed by atoms with van der Waals surface area (Å²) in [7, 11) is 0. The molecule has 34 heavy (non-hydrogen) atoms. The number of aromatic nitrogens is 1. The van der Waals surface area contributed by atoms with E-state index in [9.17, 15) is 14.4 Å². The number of aromatic amines is 1. The molecule has 2 N–H and O–H groups in total. The van der Waals surface area contributed by atoms with Gasteiger partial charge in [0.15, 0.2) is 12.4 Å². The summed E-state index contributed by atoms with van der Waals surface area (Å²) in [5, 5.41) is 3.52. The van der Waals surface area contributed by atoms with Gasteiger partial charge < -0.3 is 19.8 Å². The number of ether oxygens (including phenoxy) is 2. The Morgan fingerprint density at radius 2 is 1.50 bits per heavy atom. The van der Waals surface area contributed by atoms with Gasteiger partial charge in [-0.3, -0.25) is 4.79 Å². The van der Waals surface area contributed by atoms with Crippen LogP contribution in [0.25, 0.3) is 10.9 Å². The van der Waals surface area contributed by atoms with Crippen LogP contribution in [-0.2, 0) is 27.3 Å². The molecule has 0 unspecified atom stereocenters. The largest absolute Gasteiger partial charge is 0.456 e. The molecule has 0 bridgehead atoms. The summed E-state index contributed by atoms with van der Waals surface area (Å²) < 4.78 is 10.6. The van der Waals surface area contributed by atoms with Gasteiger partial charge in [0.05, 0.1) is 0 Å². The standard InChI is InChI=1S/C27H24N2O5/c30-25(20-11-5-2-6-12-20)18-33-26(31)24(15-21-16-28-23-14-8-7-13-22(21)23)29-27(32)34-17-19-9-3-1-4-10-19/h1-14,16,24,28H,15,17-18H2,(H,29,32)/t24-/m1/s1. The molecule has 7 heteroatoms. The number of hydrogen-bond donors (Lipinski definition) is 2. The van der Waals surface area contributed by atoms with Crippen LogP contribution in [0.1, 0.15) is 21.5 Å². The van der Waals surface area contributed by atoms with E-state index in [1.165, 1.54) is 0 Å². The number of nitrogens with one attached hydrogen (secondary N) is 2. The Bertz CT molecular complexity index is 1270. The van der Waals surface area contributed by atoms with Crippen LogP contribution in [0, 0.1) is 0 Å². The number of hydrogen-bond acceptors (Lipinski definition) is 5. The molecule has 0 saturated carbocycles. The lowest BCUT2D eigenvalue weighted by Gasteiger charge is -2.17. The molecule has 0 aliphatic heterocycles. The Morgan fingerprint density at radius 3 is 2.26 bits per heavy atom. The summed E-state index contributed by atoms with van der Waals surface area (Å²) in [5.74, 6) is -1.04. The van der Waals surface area contributed by atoms with E-state index in [0.717, 1.165) is 22.0 Å². The van der Waals surface area contributed by atoms with E-state index < -0.39 is 24.7 Å². The number of amides is 1. The lowest BCUT2D eigenvalue weighted by atomic mass is 10.1.